The molecular formula is C16H21GeN. The molecule has 1 heterocycles. The molecule has 94 valence electrons. The van der Waals surface area contributed by atoms with Crippen LogP contribution in [0.4, 0.5) is 0 Å². The van der Waals surface area contributed by atoms with Crippen molar-refractivity contribution in [2.45, 2.75) is 31.0 Å². The minimum absolute atomic E-state index is 0.253. The molecule has 18 heavy (non-hydrogen) atoms. The number of nitrogens with zero attached hydrogens (tertiary/aromatic N) is 1. The van der Waals surface area contributed by atoms with E-state index in [0.29, 0.717) is 16.8 Å². The van der Waals surface area contributed by atoms with Crippen molar-refractivity contribution in [2.24, 2.45) is 0 Å². The van der Waals surface area contributed by atoms with Gasteiger partial charge in [0.2, 0.25) is 0 Å². The number of aromatic nitrogens is 1. The van der Waals surface area contributed by atoms with Gasteiger partial charge in [-0.15, -0.1) is 0 Å². The van der Waals surface area contributed by atoms with Crippen LogP contribution >= 0.6 is 0 Å². The van der Waals surface area contributed by atoms with Crippen LogP contribution in [0.25, 0.3) is 11.3 Å². The fourth-order valence-electron chi connectivity index (χ4n) is 1.85. The number of pyridine rings is 1. The van der Waals surface area contributed by atoms with Gasteiger partial charge >= 0.3 is 121 Å². The Morgan fingerprint density at radius 3 is 2.33 bits per heavy atom. The van der Waals surface area contributed by atoms with E-state index in [1.807, 2.05) is 0 Å². The van der Waals surface area contributed by atoms with Gasteiger partial charge in [0.25, 0.3) is 0 Å². The van der Waals surface area contributed by atoms with E-state index >= 15 is 0 Å². The van der Waals surface area contributed by atoms with Crippen LogP contribution in [0.2, 0.25) is 17.3 Å². The summed E-state index contributed by atoms with van der Waals surface area (Å²) in [4.78, 5) is 4.44. The average molecular weight is 306 g/mol. The molecule has 0 radical (unpaired) electrons. The number of aryl methyl sites for hydroxylation is 2. The monoisotopic (exact) mass is 307 g/mol. The molecule has 2 aromatic rings. The van der Waals surface area contributed by atoms with Crippen LogP contribution in [-0.4, -0.2) is 18.3 Å². The van der Waals surface area contributed by atoms with Crippen LogP contribution in [-0.2, 0) is 0 Å². The molecule has 2 heteroatoms. The third-order valence-electron chi connectivity index (χ3n) is 2.89. The van der Waals surface area contributed by atoms with Gasteiger partial charge in [-0.3, -0.25) is 0 Å². The number of rotatable bonds is 2. The van der Waals surface area contributed by atoms with E-state index in [9.17, 15) is 0 Å². The van der Waals surface area contributed by atoms with Crippen molar-refractivity contribution in [1.29, 1.82) is 0 Å². The Morgan fingerprint density at radius 1 is 1.06 bits per heavy atom. The van der Waals surface area contributed by atoms with Crippen molar-refractivity contribution in [3.8, 4) is 11.3 Å². The Balaban J connectivity index is 2.53. The Bertz CT molecular complexity index is 726. The van der Waals surface area contributed by atoms with Gasteiger partial charge in [0.05, 0.1) is 0 Å². The number of benzene rings is 1. The molecule has 2 rings (SSSR count). The van der Waals surface area contributed by atoms with E-state index in [4.69, 9.17) is 8.22 Å². The molecule has 0 spiro atoms. The summed E-state index contributed by atoms with van der Waals surface area (Å²) >= 11 is -2.37. The second kappa shape index (κ2) is 4.89. The van der Waals surface area contributed by atoms with E-state index in [1.165, 1.54) is 12.1 Å². The molecule has 0 saturated carbocycles. The molecule has 0 fully saturated rings. The Hall–Kier alpha value is -1.09. The average Bonchev–Trinajstić information content (AvgIpc) is 2.44. The van der Waals surface area contributed by atoms with Crippen LogP contribution in [0, 0.1) is 13.7 Å². The first kappa shape index (κ1) is 7.49. The summed E-state index contributed by atoms with van der Waals surface area (Å²) in [6, 6.07) is 8.04. The van der Waals surface area contributed by atoms with Gasteiger partial charge in [-0.05, 0) is 0 Å². The summed E-state index contributed by atoms with van der Waals surface area (Å²) < 4.78 is 46.6. The molecular weight excluding hydrogens is 279 g/mol. The fourth-order valence-corrected chi connectivity index (χ4v) is 4.65. The van der Waals surface area contributed by atoms with Crippen molar-refractivity contribution in [3.05, 3.63) is 47.7 Å². The molecule has 0 N–H and O–H groups in total. The summed E-state index contributed by atoms with van der Waals surface area (Å²) in [5.74, 6) is 6.41. The molecule has 1 aromatic carbocycles. The Kier molecular flexibility index (Phi) is 2.03. The molecule has 0 bridgehead atoms. The van der Waals surface area contributed by atoms with Crippen molar-refractivity contribution in [1.82, 2.24) is 4.98 Å². The third kappa shape index (κ3) is 2.83. The zero-order valence-electron chi connectivity index (χ0n) is 16.9. The summed E-state index contributed by atoms with van der Waals surface area (Å²) in [6.07, 6.45) is 1.69. The van der Waals surface area contributed by atoms with Gasteiger partial charge in [-0.2, -0.15) is 0 Å². The van der Waals surface area contributed by atoms with Crippen LogP contribution in [0.1, 0.15) is 19.4 Å². The van der Waals surface area contributed by atoms with Crippen molar-refractivity contribution in [3.63, 3.8) is 0 Å². The van der Waals surface area contributed by atoms with Gasteiger partial charge < -0.3 is 0 Å². The molecule has 1 nitrogen and oxygen atoms in total. The van der Waals surface area contributed by atoms with Crippen LogP contribution in [0.3, 0.4) is 0 Å². The molecule has 0 aliphatic carbocycles. The van der Waals surface area contributed by atoms with Crippen LogP contribution in [0.5, 0.6) is 0 Å². The molecule has 0 amide bonds. The maximum absolute atomic E-state index is 7.83. The molecule has 1 aromatic heterocycles. The van der Waals surface area contributed by atoms with E-state index in [0.717, 1.165) is 4.40 Å². The summed E-state index contributed by atoms with van der Waals surface area (Å²) in [5, 5.41) is 0. The third-order valence-corrected chi connectivity index (χ3v) is 7.12. The SMILES string of the molecule is [2H]C([2H])([2H])c1ccc(-c2cc(C([2H])([2H])[2H])[c]([Ge]([CH3])([CH3])[CH3])cn2)cc1. The van der Waals surface area contributed by atoms with Gasteiger partial charge in [0, 0.05) is 0 Å². The van der Waals surface area contributed by atoms with Crippen LogP contribution < -0.4 is 4.40 Å². The predicted octanol–water partition coefficient (Wildman–Crippen LogP) is 3.91. The van der Waals surface area contributed by atoms with E-state index in [-0.39, 0.29) is 5.56 Å². The normalized spacial score (nSPS) is 17.9. The van der Waals surface area contributed by atoms with Gasteiger partial charge in [-0.1, -0.05) is 0 Å². The standard InChI is InChI=1S/C16H21GeN/c1-12-6-8-14(9-7-12)16-10-13(2)15(11-18-16)17(3,4)5/h6-11H,1-5H3/i1D3,2D3. The van der Waals surface area contributed by atoms with Gasteiger partial charge in [-0.25, -0.2) is 0 Å². The molecule has 0 saturated heterocycles. The first-order valence-corrected chi connectivity index (χ1v) is 13.3. The summed E-state index contributed by atoms with van der Waals surface area (Å²) in [5.41, 5.74) is 1.87. The van der Waals surface area contributed by atoms with Crippen molar-refractivity contribution in [2.75, 3.05) is 0 Å². The summed E-state index contributed by atoms with van der Waals surface area (Å²) in [7, 11) is 0. The summed E-state index contributed by atoms with van der Waals surface area (Å²) in [6.45, 7) is -4.34. The predicted molar refractivity (Wildman–Crippen MR) is 82.1 cm³/mol. The maximum atomic E-state index is 7.83. The molecule has 0 aliphatic rings. The van der Waals surface area contributed by atoms with E-state index < -0.39 is 27.0 Å². The first-order valence-electron chi connectivity index (χ1n) is 8.92. The quantitative estimate of drug-likeness (QED) is 0.767. The molecule has 0 atom stereocenters. The zero-order valence-corrected chi connectivity index (χ0v) is 13.0. The van der Waals surface area contributed by atoms with Gasteiger partial charge in [0.15, 0.2) is 0 Å². The minimum atomic E-state index is -2.37. The van der Waals surface area contributed by atoms with Gasteiger partial charge in [0.1, 0.15) is 0 Å². The topological polar surface area (TPSA) is 12.9 Å². The number of hydrogen-bond acceptors (Lipinski definition) is 1. The van der Waals surface area contributed by atoms with Crippen LogP contribution in [0.15, 0.2) is 36.5 Å². The zero-order chi connectivity index (χ0) is 18.3. The number of hydrogen-bond donors (Lipinski definition) is 0. The first-order chi connectivity index (χ1) is 10.8. The van der Waals surface area contributed by atoms with Crippen molar-refractivity contribution < 1.29 is 8.22 Å². The Labute approximate surface area is 121 Å². The molecule has 0 unspecified atom stereocenters. The van der Waals surface area contributed by atoms with Crippen molar-refractivity contribution >= 4 is 17.7 Å². The van der Waals surface area contributed by atoms with E-state index in [2.05, 4.69) is 22.3 Å². The second-order valence-electron chi connectivity index (χ2n) is 5.44. The second-order valence-corrected chi connectivity index (χ2v) is 16.0. The van der Waals surface area contributed by atoms with E-state index in [1.54, 1.807) is 24.4 Å². The fraction of sp³-hybridized carbons (Fsp3) is 0.312. The Morgan fingerprint density at radius 2 is 1.78 bits per heavy atom. The molecule has 0 aliphatic heterocycles.